The molecule has 2 unspecified atom stereocenters. The molecular weight excluding hydrogens is 408 g/mol. The van der Waals surface area contributed by atoms with E-state index in [0.29, 0.717) is 24.0 Å². The molecule has 1 fully saturated rings. The van der Waals surface area contributed by atoms with Crippen LogP contribution in [0.3, 0.4) is 0 Å². The topological polar surface area (TPSA) is 58.1 Å². The molecule has 3 N–H and O–H groups in total. The van der Waals surface area contributed by atoms with Gasteiger partial charge in [-0.25, -0.2) is 0 Å². The largest absolute Gasteiger partial charge is 0.389 e. The number of aromatic nitrogens is 1. The summed E-state index contributed by atoms with van der Waals surface area (Å²) in [5.74, 6) is 0.0237. The number of benzene rings is 1. The number of allylic oxidation sites excluding steroid dienone is 1. The molecule has 1 saturated heterocycles. The maximum atomic E-state index is 11.8. The third-order valence-corrected chi connectivity index (χ3v) is 6.50. The van der Waals surface area contributed by atoms with Gasteiger partial charge in [-0.3, -0.25) is 4.79 Å². The molecule has 0 saturated carbocycles. The summed E-state index contributed by atoms with van der Waals surface area (Å²) in [5, 5.41) is 13.9. The first-order valence-corrected chi connectivity index (χ1v) is 12.0. The summed E-state index contributed by atoms with van der Waals surface area (Å²) in [4.78, 5) is 11.8. The fourth-order valence-corrected chi connectivity index (χ4v) is 4.78. The SMILES string of the molecule is C=CNCC(CCCCC(C)(C)C)Nc1cccc2c(=C)n(C3CCC(=O)NC3=C)c(=C)c12. The predicted octanol–water partition coefficient (Wildman–Crippen LogP) is 4.55. The van der Waals surface area contributed by atoms with Crippen LogP contribution < -0.4 is 26.6 Å². The van der Waals surface area contributed by atoms with Gasteiger partial charge in [0.1, 0.15) is 0 Å². The van der Waals surface area contributed by atoms with E-state index in [9.17, 15) is 4.79 Å². The Balaban J connectivity index is 1.88. The Labute approximate surface area is 198 Å². The molecule has 3 rings (SSSR count). The van der Waals surface area contributed by atoms with Crippen molar-refractivity contribution in [3.05, 3.63) is 54.0 Å². The molecule has 0 radical (unpaired) electrons. The normalized spacial score (nSPS) is 17.6. The van der Waals surface area contributed by atoms with Crippen LogP contribution >= 0.6 is 0 Å². The zero-order chi connectivity index (χ0) is 24.2. The summed E-state index contributed by atoms with van der Waals surface area (Å²) >= 11 is 0. The Morgan fingerprint density at radius 2 is 1.97 bits per heavy atom. The number of unbranched alkanes of at least 4 members (excludes halogenated alkanes) is 1. The average Bonchev–Trinajstić information content (AvgIpc) is 3.00. The zero-order valence-corrected chi connectivity index (χ0v) is 20.6. The first kappa shape index (κ1) is 24.7. The summed E-state index contributed by atoms with van der Waals surface area (Å²) in [7, 11) is 0. The molecule has 2 aromatic rings. The van der Waals surface area contributed by atoms with Crippen LogP contribution in [0.25, 0.3) is 23.9 Å². The van der Waals surface area contributed by atoms with E-state index in [0.717, 1.165) is 40.1 Å². The van der Waals surface area contributed by atoms with Gasteiger partial charge >= 0.3 is 0 Å². The Kier molecular flexibility index (Phi) is 7.72. The van der Waals surface area contributed by atoms with Crippen molar-refractivity contribution in [3.63, 3.8) is 0 Å². The van der Waals surface area contributed by atoms with Gasteiger partial charge in [-0.1, -0.05) is 72.1 Å². The van der Waals surface area contributed by atoms with Crippen LogP contribution in [0.15, 0.2) is 43.3 Å². The number of anilines is 1. The third kappa shape index (κ3) is 5.89. The lowest BCUT2D eigenvalue weighted by Crippen LogP contribution is -2.40. The highest BCUT2D eigenvalue weighted by Gasteiger charge is 2.25. The minimum absolute atomic E-state index is 0.0237. The average molecular weight is 449 g/mol. The number of nitrogens with zero attached hydrogens (tertiary/aromatic N) is 1. The van der Waals surface area contributed by atoms with Gasteiger partial charge in [0.2, 0.25) is 5.91 Å². The minimum Gasteiger partial charge on any atom is -0.389 e. The quantitative estimate of drug-likeness (QED) is 0.468. The predicted molar refractivity (Wildman–Crippen MR) is 141 cm³/mol. The van der Waals surface area contributed by atoms with E-state index in [-0.39, 0.29) is 18.0 Å². The number of fused-ring (bicyclic) bond motifs is 1. The second-order valence-corrected chi connectivity index (χ2v) is 10.4. The molecule has 0 aliphatic carbocycles. The summed E-state index contributed by atoms with van der Waals surface area (Å²) in [6.45, 7) is 24.4. The van der Waals surface area contributed by atoms with E-state index >= 15 is 0 Å². The first-order chi connectivity index (χ1) is 15.6. The molecule has 1 aromatic heterocycles. The number of rotatable bonds is 10. The number of nitrogens with one attached hydrogen (secondary N) is 3. The van der Waals surface area contributed by atoms with Crippen molar-refractivity contribution >= 4 is 35.5 Å². The van der Waals surface area contributed by atoms with Crippen molar-refractivity contribution in [3.8, 4) is 0 Å². The van der Waals surface area contributed by atoms with Gasteiger partial charge in [-0.05, 0) is 36.9 Å². The Morgan fingerprint density at radius 1 is 1.21 bits per heavy atom. The van der Waals surface area contributed by atoms with Gasteiger partial charge < -0.3 is 20.5 Å². The van der Waals surface area contributed by atoms with Crippen LogP contribution in [0.4, 0.5) is 5.69 Å². The van der Waals surface area contributed by atoms with Gasteiger partial charge in [0.25, 0.3) is 0 Å². The number of carbonyl (C=O) groups excluding carboxylic acids is 1. The van der Waals surface area contributed by atoms with Crippen molar-refractivity contribution in [1.82, 2.24) is 15.2 Å². The van der Waals surface area contributed by atoms with Crippen molar-refractivity contribution < 1.29 is 4.79 Å². The highest BCUT2D eigenvalue weighted by atomic mass is 16.1. The fraction of sp³-hybridized carbons (Fsp3) is 0.464. The standard InChI is InChI=1S/C28H40N4O/c1-8-29-18-22(12-9-10-17-28(5,6)7)31-24-14-11-13-23-20(3)32(21(4)27(23)24)25-15-16-26(33)30-19(25)2/h8,11,13-14,22,25,29,31H,1-4,9-10,12,15-18H2,5-7H3,(H,30,33). The molecule has 0 bridgehead atoms. The summed E-state index contributed by atoms with van der Waals surface area (Å²) in [6, 6.07) is 6.53. The second-order valence-electron chi connectivity index (χ2n) is 10.4. The van der Waals surface area contributed by atoms with Crippen LogP contribution in [-0.4, -0.2) is 23.1 Å². The number of hydrogen-bond acceptors (Lipinski definition) is 3. The lowest BCUT2D eigenvalue weighted by molar-refractivity contribution is -0.121. The molecule has 0 spiro atoms. The van der Waals surface area contributed by atoms with E-state index in [1.807, 2.05) is 0 Å². The molecule has 2 atom stereocenters. The van der Waals surface area contributed by atoms with E-state index in [2.05, 4.69) is 85.8 Å². The maximum Gasteiger partial charge on any atom is 0.224 e. The van der Waals surface area contributed by atoms with Crippen LogP contribution in [-0.2, 0) is 4.79 Å². The number of carbonyl (C=O) groups is 1. The number of hydrogen-bond donors (Lipinski definition) is 3. The maximum absolute atomic E-state index is 11.8. The van der Waals surface area contributed by atoms with Crippen molar-refractivity contribution in [2.45, 2.75) is 71.4 Å². The lowest BCUT2D eigenvalue weighted by Gasteiger charge is -2.27. The van der Waals surface area contributed by atoms with Gasteiger partial charge in [-0.15, -0.1) is 0 Å². The molecule has 33 heavy (non-hydrogen) atoms. The molecule has 2 heterocycles. The Bertz CT molecular complexity index is 1120. The fourth-order valence-electron chi connectivity index (χ4n) is 4.78. The van der Waals surface area contributed by atoms with Crippen molar-refractivity contribution in [1.29, 1.82) is 0 Å². The molecule has 178 valence electrons. The molecule has 1 aromatic carbocycles. The highest BCUT2D eigenvalue weighted by Crippen LogP contribution is 2.27. The van der Waals surface area contributed by atoms with Crippen LogP contribution in [0.1, 0.15) is 65.3 Å². The molecule has 1 amide bonds. The highest BCUT2D eigenvalue weighted by molar-refractivity contribution is 5.95. The van der Waals surface area contributed by atoms with E-state index in [1.54, 1.807) is 6.20 Å². The Morgan fingerprint density at radius 3 is 2.64 bits per heavy atom. The number of piperidine rings is 1. The van der Waals surface area contributed by atoms with E-state index in [4.69, 9.17) is 0 Å². The van der Waals surface area contributed by atoms with E-state index < -0.39 is 0 Å². The minimum atomic E-state index is -0.0291. The summed E-state index contributed by atoms with van der Waals surface area (Å²) < 4.78 is 2.14. The van der Waals surface area contributed by atoms with Gasteiger partial charge in [0, 0.05) is 51.9 Å². The van der Waals surface area contributed by atoms with Crippen LogP contribution in [0, 0.1) is 5.41 Å². The molecular formula is C28H40N4O. The third-order valence-electron chi connectivity index (χ3n) is 6.50. The lowest BCUT2D eigenvalue weighted by atomic mass is 9.89. The summed E-state index contributed by atoms with van der Waals surface area (Å²) in [5.41, 5.74) is 2.15. The Hall–Kier alpha value is -2.95. The van der Waals surface area contributed by atoms with Crippen LogP contribution in [0.2, 0.25) is 0 Å². The second kappa shape index (κ2) is 10.3. The molecule has 1 aliphatic heterocycles. The summed E-state index contributed by atoms with van der Waals surface area (Å²) in [6.07, 6.45) is 7.63. The molecule has 5 heteroatoms. The zero-order valence-electron chi connectivity index (χ0n) is 20.6. The van der Waals surface area contributed by atoms with Crippen molar-refractivity contribution in [2.24, 2.45) is 5.41 Å². The van der Waals surface area contributed by atoms with Crippen molar-refractivity contribution in [2.75, 3.05) is 11.9 Å². The molecule has 1 aliphatic rings. The van der Waals surface area contributed by atoms with Gasteiger partial charge in [-0.2, -0.15) is 0 Å². The smallest absolute Gasteiger partial charge is 0.224 e. The first-order valence-electron chi connectivity index (χ1n) is 12.0. The monoisotopic (exact) mass is 448 g/mol. The van der Waals surface area contributed by atoms with Gasteiger partial charge in [0.15, 0.2) is 0 Å². The molecule has 5 nitrogen and oxygen atoms in total. The number of amides is 1. The van der Waals surface area contributed by atoms with Gasteiger partial charge in [0.05, 0.1) is 6.04 Å². The van der Waals surface area contributed by atoms with E-state index in [1.165, 1.54) is 19.3 Å². The van der Waals surface area contributed by atoms with Crippen LogP contribution in [0.5, 0.6) is 0 Å².